The summed E-state index contributed by atoms with van der Waals surface area (Å²) in [7, 11) is 0. The summed E-state index contributed by atoms with van der Waals surface area (Å²) in [5.74, 6) is 0.540. The number of aryl methyl sites for hydroxylation is 1. The van der Waals surface area contributed by atoms with Crippen LogP contribution in [-0.4, -0.2) is 21.2 Å². The van der Waals surface area contributed by atoms with E-state index in [9.17, 15) is 18.3 Å². The molecule has 28 heavy (non-hydrogen) atoms. The molecule has 1 aliphatic carbocycles. The number of hydrogen-bond acceptors (Lipinski definition) is 4. The highest BCUT2D eigenvalue weighted by Crippen LogP contribution is 2.32. The Morgan fingerprint density at radius 3 is 2.57 bits per heavy atom. The van der Waals surface area contributed by atoms with Gasteiger partial charge in [0.1, 0.15) is 12.1 Å². The average molecular weight is 385 g/mol. The minimum Gasteiger partial charge on any atom is -0.393 e. The fourth-order valence-electron chi connectivity index (χ4n) is 3.44. The third kappa shape index (κ3) is 3.84. The third-order valence-electron chi connectivity index (χ3n) is 4.90. The fourth-order valence-corrected chi connectivity index (χ4v) is 3.44. The van der Waals surface area contributed by atoms with Gasteiger partial charge in [-0.25, -0.2) is 9.97 Å². The first-order chi connectivity index (χ1) is 13.4. The lowest BCUT2D eigenvalue weighted by molar-refractivity contribution is -0.137. The van der Waals surface area contributed by atoms with Crippen molar-refractivity contribution in [2.45, 2.75) is 31.5 Å². The number of nitrogens with one attached hydrogen (secondary N) is 1. The van der Waals surface area contributed by atoms with E-state index >= 15 is 0 Å². The zero-order valence-electron chi connectivity index (χ0n) is 14.9. The summed E-state index contributed by atoms with van der Waals surface area (Å²) in [6.07, 6.45) is -1.19. The number of halogens is 3. The monoisotopic (exact) mass is 385 g/mol. The van der Waals surface area contributed by atoms with E-state index in [1.54, 1.807) is 6.07 Å². The Hall–Kier alpha value is -2.93. The first kappa shape index (κ1) is 18.4. The van der Waals surface area contributed by atoms with Crippen molar-refractivity contribution in [2.75, 3.05) is 5.32 Å². The molecule has 0 radical (unpaired) electrons. The number of rotatable bonds is 3. The van der Waals surface area contributed by atoms with Crippen molar-refractivity contribution in [1.82, 2.24) is 9.97 Å². The molecular formula is C21H18F3N3O. The number of nitrogens with zero attached hydrogens (tertiary/aromatic N) is 2. The van der Waals surface area contributed by atoms with Crippen LogP contribution in [-0.2, 0) is 19.0 Å². The van der Waals surface area contributed by atoms with E-state index in [1.165, 1.54) is 24.0 Å². The maximum Gasteiger partial charge on any atom is 0.416 e. The molecule has 0 unspecified atom stereocenters. The van der Waals surface area contributed by atoms with Crippen molar-refractivity contribution in [3.63, 3.8) is 0 Å². The van der Waals surface area contributed by atoms with Crippen LogP contribution in [0.3, 0.4) is 0 Å². The Bertz CT molecular complexity index is 987. The van der Waals surface area contributed by atoms with Gasteiger partial charge in [0.25, 0.3) is 0 Å². The highest BCUT2D eigenvalue weighted by Gasteiger charge is 2.30. The van der Waals surface area contributed by atoms with Crippen LogP contribution < -0.4 is 5.32 Å². The third-order valence-corrected chi connectivity index (χ3v) is 4.90. The summed E-state index contributed by atoms with van der Waals surface area (Å²) in [5, 5.41) is 13.2. The molecule has 2 N–H and O–H groups in total. The highest BCUT2D eigenvalue weighted by molar-refractivity contribution is 5.68. The second-order valence-electron chi connectivity index (χ2n) is 6.83. The number of fused-ring (bicyclic) bond motifs is 1. The van der Waals surface area contributed by atoms with E-state index in [0.29, 0.717) is 23.5 Å². The van der Waals surface area contributed by atoms with Crippen molar-refractivity contribution in [2.24, 2.45) is 0 Å². The average Bonchev–Trinajstić information content (AvgIpc) is 2.68. The largest absolute Gasteiger partial charge is 0.416 e. The van der Waals surface area contributed by atoms with E-state index in [2.05, 4.69) is 21.4 Å². The van der Waals surface area contributed by atoms with Crippen molar-refractivity contribution in [3.05, 3.63) is 71.5 Å². The molecule has 1 aromatic heterocycles. The van der Waals surface area contributed by atoms with Crippen LogP contribution in [0.5, 0.6) is 0 Å². The second-order valence-corrected chi connectivity index (χ2v) is 6.83. The van der Waals surface area contributed by atoms with E-state index in [1.807, 2.05) is 12.1 Å². The number of benzene rings is 2. The van der Waals surface area contributed by atoms with Gasteiger partial charge in [0.2, 0.25) is 0 Å². The van der Waals surface area contributed by atoms with Crippen LogP contribution in [0, 0.1) is 0 Å². The molecular weight excluding hydrogens is 367 g/mol. The van der Waals surface area contributed by atoms with Gasteiger partial charge in [-0.3, -0.25) is 0 Å². The SMILES string of the molecule is O[C@@H]1CCc2cccc(Nc3cc(-c4ccc(C(F)(F)F)cc4)ncn3)c2C1. The summed E-state index contributed by atoms with van der Waals surface area (Å²) in [5.41, 5.74) is 3.54. The summed E-state index contributed by atoms with van der Waals surface area (Å²) in [6.45, 7) is 0. The Morgan fingerprint density at radius 2 is 1.82 bits per heavy atom. The van der Waals surface area contributed by atoms with Gasteiger partial charge in [0, 0.05) is 23.7 Å². The Balaban J connectivity index is 1.60. The molecule has 0 fully saturated rings. The number of aliphatic hydroxyl groups excluding tert-OH is 1. The van der Waals surface area contributed by atoms with E-state index in [0.717, 1.165) is 36.2 Å². The smallest absolute Gasteiger partial charge is 0.393 e. The van der Waals surface area contributed by atoms with Crippen LogP contribution in [0.2, 0.25) is 0 Å². The van der Waals surface area contributed by atoms with Gasteiger partial charge in [0.15, 0.2) is 0 Å². The molecule has 0 saturated carbocycles. The molecule has 144 valence electrons. The lowest BCUT2D eigenvalue weighted by atomic mass is 9.88. The first-order valence-electron chi connectivity index (χ1n) is 8.96. The maximum atomic E-state index is 12.7. The van der Waals surface area contributed by atoms with Crippen molar-refractivity contribution >= 4 is 11.5 Å². The quantitative estimate of drug-likeness (QED) is 0.683. The Morgan fingerprint density at radius 1 is 1.04 bits per heavy atom. The predicted octanol–water partition coefficient (Wildman–Crippen LogP) is 4.76. The standard InChI is InChI=1S/C21H18F3N3O/c22-21(23,24)15-7-4-14(5-8-15)19-11-20(26-12-25-19)27-18-3-1-2-13-6-9-16(28)10-17(13)18/h1-5,7-8,11-12,16,28H,6,9-10H2,(H,25,26,27)/t16-/m1/s1. The lowest BCUT2D eigenvalue weighted by Crippen LogP contribution is -2.19. The van der Waals surface area contributed by atoms with Crippen LogP contribution in [0.4, 0.5) is 24.7 Å². The topological polar surface area (TPSA) is 58.0 Å². The molecule has 0 saturated heterocycles. The molecule has 0 spiro atoms. The maximum absolute atomic E-state index is 12.7. The number of aromatic nitrogens is 2. The van der Waals surface area contributed by atoms with Gasteiger partial charge in [-0.1, -0.05) is 24.3 Å². The van der Waals surface area contributed by atoms with Gasteiger partial charge in [0.05, 0.1) is 17.4 Å². The molecule has 3 aromatic rings. The predicted molar refractivity (Wildman–Crippen MR) is 100 cm³/mol. The van der Waals surface area contributed by atoms with Crippen molar-refractivity contribution < 1.29 is 18.3 Å². The number of aliphatic hydroxyl groups is 1. The molecule has 0 aliphatic heterocycles. The van der Waals surface area contributed by atoms with Gasteiger partial charge in [-0.05, 0) is 42.2 Å². The number of anilines is 2. The van der Waals surface area contributed by atoms with Crippen LogP contribution in [0.15, 0.2) is 54.9 Å². The normalized spacial score (nSPS) is 16.5. The molecule has 4 rings (SSSR count). The van der Waals surface area contributed by atoms with Crippen molar-refractivity contribution in [3.8, 4) is 11.3 Å². The van der Waals surface area contributed by atoms with E-state index < -0.39 is 11.7 Å². The van der Waals surface area contributed by atoms with Gasteiger partial charge in [-0.2, -0.15) is 13.2 Å². The second kappa shape index (κ2) is 7.24. The zero-order chi connectivity index (χ0) is 19.7. The van der Waals surface area contributed by atoms with Crippen LogP contribution in [0.1, 0.15) is 23.1 Å². The molecule has 1 heterocycles. The van der Waals surface area contributed by atoms with Crippen molar-refractivity contribution in [1.29, 1.82) is 0 Å². The van der Waals surface area contributed by atoms with Crippen LogP contribution in [0.25, 0.3) is 11.3 Å². The minimum atomic E-state index is -4.37. The summed E-state index contributed by atoms with van der Waals surface area (Å²) >= 11 is 0. The summed E-state index contributed by atoms with van der Waals surface area (Å²) in [6, 6.07) is 12.5. The molecule has 1 atom stereocenters. The van der Waals surface area contributed by atoms with Crippen LogP contribution >= 0.6 is 0 Å². The molecule has 7 heteroatoms. The fraction of sp³-hybridized carbons (Fsp3) is 0.238. The molecule has 0 amide bonds. The highest BCUT2D eigenvalue weighted by atomic mass is 19.4. The van der Waals surface area contributed by atoms with Gasteiger partial charge >= 0.3 is 6.18 Å². The molecule has 1 aliphatic rings. The zero-order valence-corrected chi connectivity index (χ0v) is 14.9. The summed E-state index contributed by atoms with van der Waals surface area (Å²) in [4.78, 5) is 8.39. The number of hydrogen-bond donors (Lipinski definition) is 2. The molecule has 2 aromatic carbocycles. The Labute approximate surface area is 160 Å². The first-order valence-corrected chi connectivity index (χ1v) is 8.96. The molecule has 4 nitrogen and oxygen atoms in total. The molecule has 0 bridgehead atoms. The van der Waals surface area contributed by atoms with E-state index in [4.69, 9.17) is 0 Å². The van der Waals surface area contributed by atoms with Gasteiger partial charge in [-0.15, -0.1) is 0 Å². The number of alkyl halides is 3. The lowest BCUT2D eigenvalue weighted by Gasteiger charge is -2.23. The Kier molecular flexibility index (Phi) is 4.77. The van der Waals surface area contributed by atoms with Gasteiger partial charge < -0.3 is 10.4 Å². The summed E-state index contributed by atoms with van der Waals surface area (Å²) < 4.78 is 38.2. The minimum absolute atomic E-state index is 0.358. The van der Waals surface area contributed by atoms with E-state index in [-0.39, 0.29) is 6.10 Å².